The fourth-order valence-electron chi connectivity index (χ4n) is 3.33. The Hall–Kier alpha value is -1.02. The molecule has 1 heterocycles. The zero-order valence-corrected chi connectivity index (χ0v) is 11.4. The molecule has 0 aromatic heterocycles. The van der Waals surface area contributed by atoms with Gasteiger partial charge in [-0.3, -0.25) is 0 Å². The maximum atomic E-state index is 5.75. The quantitative estimate of drug-likeness (QED) is 0.729. The highest BCUT2D eigenvalue weighted by Crippen LogP contribution is 2.39. The second kappa shape index (κ2) is 4.02. The van der Waals surface area contributed by atoms with Crippen LogP contribution in [0.5, 0.6) is 0 Å². The van der Waals surface area contributed by atoms with Crippen molar-refractivity contribution in [2.45, 2.75) is 57.5 Å². The number of benzene rings is 1. The molecule has 1 fully saturated rings. The molecule has 0 aliphatic carbocycles. The van der Waals surface area contributed by atoms with Gasteiger partial charge in [0, 0.05) is 16.8 Å². The molecular formula is C15H24N2. The van der Waals surface area contributed by atoms with E-state index in [1.807, 2.05) is 12.1 Å². The third-order valence-electron chi connectivity index (χ3n) is 3.60. The molecule has 1 aromatic rings. The van der Waals surface area contributed by atoms with Crippen LogP contribution >= 0.6 is 0 Å². The Morgan fingerprint density at radius 2 is 1.47 bits per heavy atom. The first kappa shape index (κ1) is 12.4. The van der Waals surface area contributed by atoms with Crippen molar-refractivity contribution in [2.75, 3.05) is 5.73 Å². The van der Waals surface area contributed by atoms with Crippen molar-refractivity contribution >= 4 is 5.69 Å². The molecule has 1 aliphatic heterocycles. The summed E-state index contributed by atoms with van der Waals surface area (Å²) in [4.78, 5) is 0. The number of anilines is 1. The summed E-state index contributed by atoms with van der Waals surface area (Å²) >= 11 is 0. The van der Waals surface area contributed by atoms with Crippen LogP contribution in [0.4, 0.5) is 5.69 Å². The number of piperidine rings is 1. The summed E-state index contributed by atoms with van der Waals surface area (Å²) in [5, 5.41) is 3.72. The van der Waals surface area contributed by atoms with Crippen molar-refractivity contribution < 1.29 is 0 Å². The summed E-state index contributed by atoms with van der Waals surface area (Å²) in [6.45, 7) is 9.16. The number of nitrogens with one attached hydrogen (secondary N) is 1. The van der Waals surface area contributed by atoms with E-state index in [2.05, 4.69) is 45.1 Å². The molecular weight excluding hydrogens is 208 g/mol. The smallest absolute Gasteiger partial charge is 0.0314 e. The Balaban J connectivity index is 2.24. The molecule has 0 radical (unpaired) electrons. The van der Waals surface area contributed by atoms with Gasteiger partial charge in [-0.25, -0.2) is 0 Å². The number of hydrogen-bond acceptors (Lipinski definition) is 2. The lowest BCUT2D eigenvalue weighted by molar-refractivity contribution is 0.162. The van der Waals surface area contributed by atoms with E-state index in [9.17, 15) is 0 Å². The fraction of sp³-hybridized carbons (Fsp3) is 0.600. The first-order valence-corrected chi connectivity index (χ1v) is 6.42. The van der Waals surface area contributed by atoms with Crippen LogP contribution in [0.2, 0.25) is 0 Å². The molecule has 0 saturated carbocycles. The van der Waals surface area contributed by atoms with Crippen LogP contribution in [-0.2, 0) is 0 Å². The van der Waals surface area contributed by atoms with Crippen molar-refractivity contribution in [3.05, 3.63) is 29.8 Å². The molecule has 1 aliphatic rings. The predicted molar refractivity (Wildman–Crippen MR) is 74.1 cm³/mol. The summed E-state index contributed by atoms with van der Waals surface area (Å²) in [5.41, 5.74) is 8.42. The first-order valence-electron chi connectivity index (χ1n) is 6.42. The number of nitrogens with two attached hydrogens (primary N) is 1. The normalized spacial score (nSPS) is 23.5. The van der Waals surface area contributed by atoms with Gasteiger partial charge in [0.05, 0.1) is 0 Å². The molecule has 0 spiro atoms. The molecule has 3 N–H and O–H groups in total. The number of rotatable bonds is 1. The monoisotopic (exact) mass is 232 g/mol. The van der Waals surface area contributed by atoms with E-state index < -0.39 is 0 Å². The lowest BCUT2D eigenvalue weighted by Gasteiger charge is -2.46. The Kier molecular flexibility index (Phi) is 2.94. The summed E-state index contributed by atoms with van der Waals surface area (Å²) in [7, 11) is 0. The van der Waals surface area contributed by atoms with Crippen LogP contribution < -0.4 is 11.1 Å². The standard InChI is InChI=1S/C15H24N2/c1-14(2)9-12(10-15(3,4)17-14)11-5-7-13(16)8-6-11/h5-8,12,17H,9-10,16H2,1-4H3. The lowest BCUT2D eigenvalue weighted by atomic mass is 9.73. The van der Waals surface area contributed by atoms with Gasteiger partial charge in [-0.05, 0) is 64.2 Å². The zero-order chi connectivity index (χ0) is 12.7. The molecule has 0 amide bonds. The second-order valence-electron chi connectivity index (χ2n) is 6.66. The van der Waals surface area contributed by atoms with Crippen LogP contribution in [0.15, 0.2) is 24.3 Å². The Morgan fingerprint density at radius 1 is 1.00 bits per heavy atom. The molecule has 2 rings (SSSR count). The maximum Gasteiger partial charge on any atom is 0.0314 e. The lowest BCUT2D eigenvalue weighted by Crippen LogP contribution is -2.57. The minimum absolute atomic E-state index is 0.202. The van der Waals surface area contributed by atoms with E-state index in [-0.39, 0.29) is 11.1 Å². The van der Waals surface area contributed by atoms with Crippen molar-refractivity contribution in [2.24, 2.45) is 0 Å². The summed E-state index contributed by atoms with van der Waals surface area (Å²) in [6, 6.07) is 8.38. The summed E-state index contributed by atoms with van der Waals surface area (Å²) < 4.78 is 0. The highest BCUT2D eigenvalue weighted by atomic mass is 15.0. The predicted octanol–water partition coefficient (Wildman–Crippen LogP) is 3.29. The van der Waals surface area contributed by atoms with Gasteiger partial charge >= 0.3 is 0 Å². The SMILES string of the molecule is CC1(C)CC(c2ccc(N)cc2)CC(C)(C)N1. The van der Waals surface area contributed by atoms with E-state index >= 15 is 0 Å². The van der Waals surface area contributed by atoms with Crippen molar-refractivity contribution in [1.82, 2.24) is 5.32 Å². The van der Waals surface area contributed by atoms with Gasteiger partial charge in [-0.2, -0.15) is 0 Å². The molecule has 17 heavy (non-hydrogen) atoms. The molecule has 2 nitrogen and oxygen atoms in total. The third kappa shape index (κ3) is 3.01. The average Bonchev–Trinajstić information content (AvgIpc) is 2.13. The summed E-state index contributed by atoms with van der Waals surface area (Å²) in [5.74, 6) is 0.627. The van der Waals surface area contributed by atoms with Crippen LogP contribution in [0.3, 0.4) is 0 Å². The molecule has 94 valence electrons. The van der Waals surface area contributed by atoms with E-state index in [1.165, 1.54) is 18.4 Å². The van der Waals surface area contributed by atoms with Crippen molar-refractivity contribution in [1.29, 1.82) is 0 Å². The van der Waals surface area contributed by atoms with Crippen LogP contribution in [0, 0.1) is 0 Å². The molecule has 0 unspecified atom stereocenters. The third-order valence-corrected chi connectivity index (χ3v) is 3.60. The van der Waals surface area contributed by atoms with E-state index in [0.29, 0.717) is 5.92 Å². The highest BCUT2D eigenvalue weighted by molar-refractivity contribution is 5.40. The second-order valence-corrected chi connectivity index (χ2v) is 6.66. The number of nitrogen functional groups attached to an aromatic ring is 1. The molecule has 1 aromatic carbocycles. The number of hydrogen-bond donors (Lipinski definition) is 2. The van der Waals surface area contributed by atoms with Gasteiger partial charge in [-0.1, -0.05) is 12.1 Å². The highest BCUT2D eigenvalue weighted by Gasteiger charge is 2.37. The zero-order valence-electron chi connectivity index (χ0n) is 11.4. The van der Waals surface area contributed by atoms with Gasteiger partial charge in [0.25, 0.3) is 0 Å². The Bertz CT molecular complexity index is 374. The van der Waals surface area contributed by atoms with Gasteiger partial charge in [0.15, 0.2) is 0 Å². The fourth-order valence-corrected chi connectivity index (χ4v) is 3.33. The minimum Gasteiger partial charge on any atom is -0.399 e. The molecule has 1 saturated heterocycles. The average molecular weight is 232 g/mol. The maximum absolute atomic E-state index is 5.75. The molecule has 0 atom stereocenters. The van der Waals surface area contributed by atoms with Crippen molar-refractivity contribution in [3.63, 3.8) is 0 Å². The summed E-state index contributed by atoms with van der Waals surface area (Å²) in [6.07, 6.45) is 2.36. The molecule has 2 heteroatoms. The van der Waals surface area contributed by atoms with Gasteiger partial charge in [0.1, 0.15) is 0 Å². The van der Waals surface area contributed by atoms with E-state index in [1.54, 1.807) is 0 Å². The van der Waals surface area contributed by atoms with Gasteiger partial charge in [0.2, 0.25) is 0 Å². The van der Waals surface area contributed by atoms with Crippen LogP contribution in [-0.4, -0.2) is 11.1 Å². The molecule has 0 bridgehead atoms. The van der Waals surface area contributed by atoms with Crippen molar-refractivity contribution in [3.8, 4) is 0 Å². The Labute approximate surface area is 105 Å². The van der Waals surface area contributed by atoms with E-state index in [0.717, 1.165) is 5.69 Å². The van der Waals surface area contributed by atoms with Gasteiger partial charge < -0.3 is 11.1 Å². The van der Waals surface area contributed by atoms with Crippen LogP contribution in [0.1, 0.15) is 52.0 Å². The van der Waals surface area contributed by atoms with E-state index in [4.69, 9.17) is 5.73 Å². The van der Waals surface area contributed by atoms with Crippen LogP contribution in [0.25, 0.3) is 0 Å². The Morgan fingerprint density at radius 3 is 1.94 bits per heavy atom. The first-order chi connectivity index (χ1) is 7.77. The minimum atomic E-state index is 0.202. The van der Waals surface area contributed by atoms with Gasteiger partial charge in [-0.15, -0.1) is 0 Å². The largest absolute Gasteiger partial charge is 0.399 e. The topological polar surface area (TPSA) is 38.0 Å².